The maximum absolute atomic E-state index is 2.46. The van der Waals surface area contributed by atoms with Crippen molar-refractivity contribution in [1.29, 1.82) is 0 Å². The monoisotopic (exact) mass is 876 g/mol. The molecule has 1 aliphatic carbocycles. The third-order valence-electron chi connectivity index (χ3n) is 14.5. The highest BCUT2D eigenvalue weighted by atomic mass is 15.0. The Labute approximate surface area is 401 Å². The minimum absolute atomic E-state index is 0.0470. The van der Waals surface area contributed by atoms with Crippen LogP contribution in [0.25, 0.3) is 111 Å². The van der Waals surface area contributed by atoms with Crippen LogP contribution in [-0.2, 0) is 0 Å². The Morgan fingerprint density at radius 3 is 1.22 bits per heavy atom. The topological polar surface area (TPSA) is 9.86 Å². The van der Waals surface area contributed by atoms with E-state index in [1.165, 1.54) is 116 Å². The van der Waals surface area contributed by atoms with Gasteiger partial charge in [0.15, 0.2) is 0 Å². The fraction of sp³-hybridized carbons (Fsp3) is 0.0149. The van der Waals surface area contributed by atoms with Crippen molar-refractivity contribution in [1.82, 2.24) is 9.13 Å². The van der Waals surface area contributed by atoms with Gasteiger partial charge in [-0.25, -0.2) is 0 Å². The molecule has 0 spiro atoms. The highest BCUT2D eigenvalue weighted by Crippen LogP contribution is 2.51. The van der Waals surface area contributed by atoms with Crippen molar-refractivity contribution in [3.05, 3.63) is 278 Å². The van der Waals surface area contributed by atoms with E-state index in [4.69, 9.17) is 0 Å². The van der Waals surface area contributed by atoms with Gasteiger partial charge in [-0.05, 0) is 139 Å². The van der Waals surface area contributed by atoms with E-state index in [1.807, 2.05) is 0 Å². The molecule has 0 aliphatic heterocycles. The average Bonchev–Trinajstić information content (AvgIpc) is 4.07. The van der Waals surface area contributed by atoms with E-state index < -0.39 is 0 Å². The third-order valence-corrected chi connectivity index (χ3v) is 14.5. The van der Waals surface area contributed by atoms with Crippen LogP contribution in [0.15, 0.2) is 261 Å². The second kappa shape index (κ2) is 15.8. The Balaban J connectivity index is 0.940. The Kier molecular flexibility index (Phi) is 9.00. The molecule has 0 saturated carbocycles. The summed E-state index contributed by atoms with van der Waals surface area (Å²) in [5, 5.41) is 5.05. The van der Waals surface area contributed by atoms with E-state index in [2.05, 4.69) is 270 Å². The first-order valence-electron chi connectivity index (χ1n) is 23.9. The van der Waals surface area contributed by atoms with Gasteiger partial charge in [-0.2, -0.15) is 0 Å². The summed E-state index contributed by atoms with van der Waals surface area (Å²) in [6.45, 7) is 0. The molecular formula is C67H44N2. The largest absolute Gasteiger partial charge is 0.309 e. The van der Waals surface area contributed by atoms with E-state index in [9.17, 15) is 0 Å². The second-order valence-corrected chi connectivity index (χ2v) is 18.5. The van der Waals surface area contributed by atoms with Crippen molar-refractivity contribution < 1.29 is 0 Å². The Hall–Kier alpha value is -8.98. The van der Waals surface area contributed by atoms with Crippen molar-refractivity contribution in [2.24, 2.45) is 0 Å². The first kappa shape index (κ1) is 39.2. The molecule has 2 aromatic heterocycles. The third kappa shape index (κ3) is 6.41. The lowest BCUT2D eigenvalue weighted by molar-refractivity contribution is 1.02. The molecule has 322 valence electrons. The molecule has 2 heteroatoms. The van der Waals surface area contributed by atoms with Gasteiger partial charge in [-0.15, -0.1) is 0 Å². The Morgan fingerprint density at radius 1 is 0.232 bits per heavy atom. The maximum atomic E-state index is 2.46. The summed E-state index contributed by atoms with van der Waals surface area (Å²) < 4.78 is 4.86. The molecule has 1 aliphatic rings. The predicted molar refractivity (Wildman–Crippen MR) is 290 cm³/mol. The van der Waals surface area contributed by atoms with Crippen LogP contribution in [0.3, 0.4) is 0 Å². The molecule has 14 rings (SSSR count). The smallest absolute Gasteiger partial charge is 0.0541 e. The van der Waals surface area contributed by atoms with Gasteiger partial charge in [0.05, 0.1) is 22.1 Å². The molecule has 0 radical (unpaired) electrons. The first-order valence-corrected chi connectivity index (χ1v) is 23.9. The quantitative estimate of drug-likeness (QED) is 0.151. The molecule has 2 nitrogen and oxygen atoms in total. The Bertz CT molecular complexity index is 4030. The molecule has 1 unspecified atom stereocenters. The molecule has 0 saturated heterocycles. The summed E-state index contributed by atoms with van der Waals surface area (Å²) in [6, 6.07) is 96.5. The van der Waals surface area contributed by atoms with Crippen LogP contribution < -0.4 is 0 Å². The number of para-hydroxylation sites is 4. The number of hydrogen-bond donors (Lipinski definition) is 0. The summed E-state index contributed by atoms with van der Waals surface area (Å²) >= 11 is 0. The van der Waals surface area contributed by atoms with Crippen LogP contribution in [0.2, 0.25) is 0 Å². The molecule has 0 N–H and O–H groups in total. The Morgan fingerprint density at radius 2 is 0.638 bits per heavy atom. The minimum atomic E-state index is 0.0470. The van der Waals surface area contributed by atoms with E-state index in [1.54, 1.807) is 0 Å². The van der Waals surface area contributed by atoms with Crippen molar-refractivity contribution in [3.8, 4) is 67.0 Å². The van der Waals surface area contributed by atoms with Gasteiger partial charge < -0.3 is 9.13 Å². The second-order valence-electron chi connectivity index (χ2n) is 18.5. The van der Waals surface area contributed by atoms with E-state index in [0.29, 0.717) is 0 Å². The van der Waals surface area contributed by atoms with Crippen molar-refractivity contribution in [3.63, 3.8) is 0 Å². The molecule has 0 amide bonds. The van der Waals surface area contributed by atoms with Crippen LogP contribution in [0.4, 0.5) is 0 Å². The van der Waals surface area contributed by atoms with Gasteiger partial charge in [0.2, 0.25) is 0 Å². The van der Waals surface area contributed by atoms with Crippen LogP contribution in [0, 0.1) is 0 Å². The van der Waals surface area contributed by atoms with Gasteiger partial charge in [-0.3, -0.25) is 0 Å². The molecule has 69 heavy (non-hydrogen) atoms. The summed E-state index contributed by atoms with van der Waals surface area (Å²) in [5.74, 6) is 0.0470. The fourth-order valence-electron chi connectivity index (χ4n) is 11.5. The van der Waals surface area contributed by atoms with Gasteiger partial charge in [0.1, 0.15) is 0 Å². The van der Waals surface area contributed by atoms with E-state index in [0.717, 1.165) is 11.4 Å². The molecule has 13 aromatic rings. The molecule has 0 bridgehead atoms. The normalized spacial score (nSPS) is 13.1. The van der Waals surface area contributed by atoms with Gasteiger partial charge >= 0.3 is 0 Å². The van der Waals surface area contributed by atoms with E-state index >= 15 is 0 Å². The lowest BCUT2D eigenvalue weighted by atomic mass is 9.85. The lowest BCUT2D eigenvalue weighted by Crippen LogP contribution is -2.01. The zero-order valence-corrected chi connectivity index (χ0v) is 37.8. The fourth-order valence-corrected chi connectivity index (χ4v) is 11.5. The van der Waals surface area contributed by atoms with Gasteiger partial charge in [0, 0.05) is 38.8 Å². The highest BCUT2D eigenvalue weighted by molar-refractivity contribution is 6.10. The summed E-state index contributed by atoms with van der Waals surface area (Å²) in [6.07, 6.45) is 0. The zero-order valence-electron chi connectivity index (χ0n) is 37.8. The number of benzene rings is 11. The maximum Gasteiger partial charge on any atom is 0.0541 e. The number of nitrogens with zero attached hydrogens (tertiary/aromatic N) is 2. The van der Waals surface area contributed by atoms with Crippen molar-refractivity contribution >= 4 is 43.6 Å². The lowest BCUT2D eigenvalue weighted by Gasteiger charge is -2.19. The van der Waals surface area contributed by atoms with Crippen molar-refractivity contribution in [2.75, 3.05) is 0 Å². The van der Waals surface area contributed by atoms with Gasteiger partial charge in [0.25, 0.3) is 0 Å². The van der Waals surface area contributed by atoms with E-state index in [-0.39, 0.29) is 5.92 Å². The SMILES string of the molecule is c1ccc(-c2cc(-c3cc(-c4ccccc4)cc(-n4c5ccccc5c5ccccc54)c3)cc(C3c4ccccc4-c4cc(-c5cccc(-n6c7ccccc7c7ccccc76)c5)ccc43)c2)cc1. The predicted octanol–water partition coefficient (Wildman–Crippen LogP) is 17.7. The zero-order chi connectivity index (χ0) is 45.4. The average molecular weight is 877 g/mol. The summed E-state index contributed by atoms with van der Waals surface area (Å²) in [4.78, 5) is 0. The first-order chi connectivity index (χ1) is 34.2. The van der Waals surface area contributed by atoms with Crippen molar-refractivity contribution in [2.45, 2.75) is 5.92 Å². The molecular weight excluding hydrogens is 833 g/mol. The van der Waals surface area contributed by atoms with Gasteiger partial charge in [-0.1, -0.05) is 194 Å². The molecule has 11 aromatic carbocycles. The number of rotatable bonds is 7. The minimum Gasteiger partial charge on any atom is -0.309 e. The molecule has 2 heterocycles. The summed E-state index contributed by atoms with van der Waals surface area (Å²) in [7, 11) is 0. The van der Waals surface area contributed by atoms with Crippen LogP contribution >= 0.6 is 0 Å². The molecule has 1 atom stereocenters. The molecule has 0 fully saturated rings. The summed E-state index contributed by atoms with van der Waals surface area (Å²) in [5.41, 5.74) is 23.2. The number of hydrogen-bond acceptors (Lipinski definition) is 0. The van der Waals surface area contributed by atoms with Crippen LogP contribution in [0.5, 0.6) is 0 Å². The van der Waals surface area contributed by atoms with Crippen LogP contribution in [-0.4, -0.2) is 9.13 Å². The number of aromatic nitrogens is 2. The standard InChI is InChI=1S/C67H44N2/c1-3-18-44(19-4-1)48-36-49(51-37-50(45-20-5-2-6-21-45)41-54(42-51)69-65-32-15-11-27-58(65)59-28-12-16-33-66(59)69)39-52(38-48)67-60-29-8-7-24-55(60)62-43-47(34-35-61(62)67)46-22-17-23-53(40-46)68-63-30-13-9-25-56(63)57-26-10-14-31-64(57)68/h1-43,67H. The number of fused-ring (bicyclic) bond motifs is 9. The highest BCUT2D eigenvalue weighted by Gasteiger charge is 2.31. The van der Waals surface area contributed by atoms with Crippen LogP contribution in [0.1, 0.15) is 22.6 Å².